The molecule has 0 unspecified atom stereocenters. The summed E-state index contributed by atoms with van der Waals surface area (Å²) in [6.45, 7) is 6.80. The number of rotatable bonds is 18. The summed E-state index contributed by atoms with van der Waals surface area (Å²) < 4.78 is 21.3. The Morgan fingerprint density at radius 1 is 0.786 bits per heavy atom. The summed E-state index contributed by atoms with van der Waals surface area (Å²) >= 11 is 0. The van der Waals surface area contributed by atoms with Gasteiger partial charge in [0, 0.05) is 0 Å². The molecule has 0 saturated carbocycles. The Morgan fingerprint density at radius 2 is 1.43 bits per heavy atom. The molecule has 0 heterocycles. The third kappa shape index (κ3) is 13.6. The fraction of sp³-hybridized carbons (Fsp3) is 0.696. The van der Waals surface area contributed by atoms with E-state index in [1.54, 1.807) is 6.92 Å². The molecule has 0 fully saturated rings. The minimum atomic E-state index is -0.227. The van der Waals surface area contributed by atoms with Gasteiger partial charge >= 0.3 is 5.97 Å². The van der Waals surface area contributed by atoms with Crippen molar-refractivity contribution in [3.63, 3.8) is 0 Å². The van der Waals surface area contributed by atoms with Crippen LogP contribution in [0.2, 0.25) is 0 Å². The van der Waals surface area contributed by atoms with Gasteiger partial charge in [0.1, 0.15) is 12.4 Å². The minimum absolute atomic E-state index is 0.227. The largest absolute Gasteiger partial charge is 0.491 e. The number of carbonyl (C=O) groups is 1. The lowest BCUT2D eigenvalue weighted by Crippen LogP contribution is -2.13. The summed E-state index contributed by atoms with van der Waals surface area (Å²) in [4.78, 5) is 11.1. The summed E-state index contributed by atoms with van der Waals surface area (Å²) in [7, 11) is 0. The third-order valence-corrected chi connectivity index (χ3v) is 4.37. The number of benzene rings is 1. The molecule has 0 spiro atoms. The zero-order valence-corrected chi connectivity index (χ0v) is 17.8. The summed E-state index contributed by atoms with van der Waals surface area (Å²) in [5.74, 6) is 0.649. The van der Waals surface area contributed by atoms with E-state index in [0.29, 0.717) is 39.6 Å². The fourth-order valence-electron chi connectivity index (χ4n) is 2.79. The lowest BCUT2D eigenvalue weighted by atomic mass is 10.0. The van der Waals surface area contributed by atoms with E-state index in [1.807, 2.05) is 12.1 Å². The molecule has 0 N–H and O–H groups in total. The van der Waals surface area contributed by atoms with Crippen LogP contribution >= 0.6 is 0 Å². The van der Waals surface area contributed by atoms with Gasteiger partial charge < -0.3 is 18.9 Å². The van der Waals surface area contributed by atoms with E-state index in [-0.39, 0.29) is 12.4 Å². The van der Waals surface area contributed by atoms with Gasteiger partial charge in [-0.2, -0.15) is 0 Å². The van der Waals surface area contributed by atoms with Crippen molar-refractivity contribution in [1.29, 1.82) is 0 Å². The van der Waals surface area contributed by atoms with Crippen molar-refractivity contribution in [3.05, 3.63) is 29.8 Å². The molecule has 1 aromatic carbocycles. The maximum Gasteiger partial charge on any atom is 0.308 e. The van der Waals surface area contributed by atoms with Crippen LogP contribution in [0, 0.1) is 0 Å². The second-order valence-electron chi connectivity index (χ2n) is 6.79. The zero-order chi connectivity index (χ0) is 20.3. The number of aryl methyl sites for hydroxylation is 1. The van der Waals surface area contributed by atoms with E-state index in [1.165, 1.54) is 44.1 Å². The molecule has 5 nitrogen and oxygen atoms in total. The van der Waals surface area contributed by atoms with Gasteiger partial charge in [-0.15, -0.1) is 0 Å². The van der Waals surface area contributed by atoms with Crippen LogP contribution < -0.4 is 4.74 Å². The summed E-state index contributed by atoms with van der Waals surface area (Å²) in [6, 6.07) is 8.37. The van der Waals surface area contributed by atoms with E-state index in [2.05, 4.69) is 19.1 Å². The van der Waals surface area contributed by atoms with Crippen LogP contribution in [0.1, 0.15) is 64.4 Å². The number of ether oxygens (including phenoxy) is 4. The van der Waals surface area contributed by atoms with Gasteiger partial charge in [-0.25, -0.2) is 0 Å². The highest BCUT2D eigenvalue weighted by Gasteiger charge is 2.01. The average molecular weight is 395 g/mol. The molecule has 0 aliphatic rings. The van der Waals surface area contributed by atoms with Crippen LogP contribution in [0.5, 0.6) is 5.75 Å². The molecule has 0 amide bonds. The number of hydrogen-bond donors (Lipinski definition) is 0. The van der Waals surface area contributed by atoms with Crippen molar-refractivity contribution in [2.24, 2.45) is 0 Å². The molecule has 0 aliphatic carbocycles. The lowest BCUT2D eigenvalue weighted by Gasteiger charge is -2.09. The monoisotopic (exact) mass is 394 g/mol. The Bertz CT molecular complexity index is 486. The van der Waals surface area contributed by atoms with Gasteiger partial charge in [0.15, 0.2) is 0 Å². The third-order valence-electron chi connectivity index (χ3n) is 4.37. The van der Waals surface area contributed by atoms with Crippen LogP contribution in [-0.4, -0.2) is 45.6 Å². The lowest BCUT2D eigenvalue weighted by molar-refractivity contribution is -0.144. The number of carbonyl (C=O) groups excluding carboxylic acids is 1. The quantitative estimate of drug-likeness (QED) is 0.260. The van der Waals surface area contributed by atoms with Crippen molar-refractivity contribution in [2.75, 3.05) is 39.6 Å². The highest BCUT2D eigenvalue weighted by molar-refractivity contribution is 5.69. The maximum absolute atomic E-state index is 11.1. The van der Waals surface area contributed by atoms with Crippen molar-refractivity contribution >= 4 is 5.97 Å². The summed E-state index contributed by atoms with van der Waals surface area (Å²) in [5, 5.41) is 0. The normalized spacial score (nSPS) is 10.8. The summed E-state index contributed by atoms with van der Waals surface area (Å²) in [6.07, 6.45) is 9.39. The molecule has 0 atom stereocenters. The number of unbranched alkanes of at least 4 members (excludes halogenated alkanes) is 5. The molecular weight excluding hydrogens is 356 g/mol. The second-order valence-corrected chi connectivity index (χ2v) is 6.79. The van der Waals surface area contributed by atoms with E-state index >= 15 is 0 Å². The Morgan fingerprint density at radius 3 is 2.14 bits per heavy atom. The van der Waals surface area contributed by atoms with E-state index in [4.69, 9.17) is 18.9 Å². The SMILES string of the molecule is CCCCCCCCc1ccc(OCCOCCOCCC(=O)OCC)cc1. The van der Waals surface area contributed by atoms with Gasteiger partial charge in [0.25, 0.3) is 0 Å². The first-order valence-corrected chi connectivity index (χ1v) is 10.8. The van der Waals surface area contributed by atoms with Crippen molar-refractivity contribution in [1.82, 2.24) is 0 Å². The number of esters is 1. The molecule has 0 aromatic heterocycles. The maximum atomic E-state index is 11.1. The fourth-order valence-corrected chi connectivity index (χ4v) is 2.79. The average Bonchev–Trinajstić information content (AvgIpc) is 2.70. The molecule has 0 saturated heterocycles. The van der Waals surface area contributed by atoms with E-state index < -0.39 is 0 Å². The number of hydrogen-bond acceptors (Lipinski definition) is 5. The van der Waals surface area contributed by atoms with Gasteiger partial charge in [0.2, 0.25) is 0 Å². The molecular formula is C23H38O5. The van der Waals surface area contributed by atoms with Crippen molar-refractivity contribution in [2.45, 2.75) is 65.2 Å². The Hall–Kier alpha value is -1.59. The predicted octanol–water partition coefficient (Wildman–Crippen LogP) is 4.95. The standard InChI is InChI=1S/C23H38O5/c1-3-5-6-7-8-9-10-21-11-13-22(14-12-21)28-20-19-26-18-17-25-16-15-23(24)27-4-2/h11-14H,3-10,15-20H2,1-2H3. The van der Waals surface area contributed by atoms with Crippen LogP contribution in [0.4, 0.5) is 0 Å². The molecule has 5 heteroatoms. The first kappa shape index (κ1) is 24.4. The summed E-state index contributed by atoms with van der Waals surface area (Å²) in [5.41, 5.74) is 1.37. The highest BCUT2D eigenvalue weighted by atomic mass is 16.5. The zero-order valence-electron chi connectivity index (χ0n) is 17.8. The van der Waals surface area contributed by atoms with Crippen LogP contribution in [0.3, 0.4) is 0 Å². The van der Waals surface area contributed by atoms with E-state index in [9.17, 15) is 4.79 Å². The highest BCUT2D eigenvalue weighted by Crippen LogP contribution is 2.15. The van der Waals surface area contributed by atoms with Crippen LogP contribution in [0.15, 0.2) is 24.3 Å². The van der Waals surface area contributed by atoms with Crippen LogP contribution in [0.25, 0.3) is 0 Å². The molecule has 0 radical (unpaired) electrons. The molecule has 28 heavy (non-hydrogen) atoms. The van der Waals surface area contributed by atoms with Crippen molar-refractivity contribution in [3.8, 4) is 5.75 Å². The predicted molar refractivity (Wildman–Crippen MR) is 112 cm³/mol. The molecule has 1 aromatic rings. The Kier molecular flexibility index (Phi) is 15.3. The first-order chi connectivity index (χ1) is 13.8. The van der Waals surface area contributed by atoms with Gasteiger partial charge in [-0.3, -0.25) is 4.79 Å². The first-order valence-electron chi connectivity index (χ1n) is 10.8. The molecule has 0 aliphatic heterocycles. The van der Waals surface area contributed by atoms with Gasteiger partial charge in [-0.1, -0.05) is 51.2 Å². The smallest absolute Gasteiger partial charge is 0.308 e. The molecule has 1 rings (SSSR count). The second kappa shape index (κ2) is 17.5. The van der Waals surface area contributed by atoms with Crippen LogP contribution in [-0.2, 0) is 25.4 Å². The molecule has 160 valence electrons. The topological polar surface area (TPSA) is 54.0 Å². The minimum Gasteiger partial charge on any atom is -0.491 e. The van der Waals surface area contributed by atoms with Gasteiger partial charge in [-0.05, 0) is 37.5 Å². The van der Waals surface area contributed by atoms with E-state index in [0.717, 1.165) is 12.2 Å². The Balaban J connectivity index is 1.96. The molecule has 0 bridgehead atoms. The van der Waals surface area contributed by atoms with Crippen molar-refractivity contribution < 1.29 is 23.7 Å². The Labute approximate surface area is 170 Å². The van der Waals surface area contributed by atoms with Gasteiger partial charge in [0.05, 0.1) is 39.5 Å².